The van der Waals surface area contributed by atoms with Crippen LogP contribution < -0.4 is 15.8 Å². The molecule has 0 fully saturated rings. The van der Waals surface area contributed by atoms with Crippen LogP contribution in [0.2, 0.25) is 0 Å². The Morgan fingerprint density at radius 2 is 2.00 bits per heavy atom. The van der Waals surface area contributed by atoms with Crippen molar-refractivity contribution in [2.24, 2.45) is 5.73 Å². The molecule has 0 atom stereocenters. The summed E-state index contributed by atoms with van der Waals surface area (Å²) in [4.78, 5) is 12.3. The molecule has 0 spiro atoms. The Kier molecular flexibility index (Phi) is 6.94. The second-order valence-corrected chi connectivity index (χ2v) is 6.06. The molecule has 1 amide bonds. The van der Waals surface area contributed by atoms with Crippen LogP contribution >= 0.6 is 0 Å². The summed E-state index contributed by atoms with van der Waals surface area (Å²) >= 11 is 0. The van der Waals surface area contributed by atoms with Crippen molar-refractivity contribution in [3.05, 3.63) is 35.7 Å². The molecule has 3 N–H and O–H groups in total. The normalized spacial score (nSPS) is 10.9. The van der Waals surface area contributed by atoms with Crippen molar-refractivity contribution in [3.8, 4) is 11.4 Å². The zero-order chi connectivity index (χ0) is 18.2. The molecule has 0 bridgehead atoms. The molecule has 0 aliphatic rings. The lowest BCUT2D eigenvalue weighted by molar-refractivity contribution is 0.0947. The monoisotopic (exact) mass is 345 g/mol. The number of carbonyl (C=O) groups is 1. The smallest absolute Gasteiger partial charge is 0.273 e. The number of carbonyl (C=O) groups excluding carboxylic acids is 1. The van der Waals surface area contributed by atoms with Crippen molar-refractivity contribution in [3.63, 3.8) is 0 Å². The molecule has 0 unspecified atom stereocenters. The van der Waals surface area contributed by atoms with E-state index in [4.69, 9.17) is 10.5 Å². The number of nitrogens with one attached hydrogen (secondary N) is 1. The van der Waals surface area contributed by atoms with Crippen molar-refractivity contribution in [1.82, 2.24) is 20.3 Å². The number of ether oxygens (including phenoxy) is 1. The lowest BCUT2D eigenvalue weighted by atomic mass is 10.2. The Morgan fingerprint density at radius 1 is 1.28 bits per heavy atom. The Labute approximate surface area is 148 Å². The van der Waals surface area contributed by atoms with Gasteiger partial charge < -0.3 is 15.8 Å². The maximum atomic E-state index is 12.3. The van der Waals surface area contributed by atoms with Crippen LogP contribution in [0.5, 0.6) is 5.75 Å². The minimum absolute atomic E-state index is 0.123. The molecule has 1 heterocycles. The lowest BCUT2D eigenvalue weighted by Crippen LogP contribution is -2.26. The summed E-state index contributed by atoms with van der Waals surface area (Å²) < 4.78 is 7.35. The predicted molar refractivity (Wildman–Crippen MR) is 97.1 cm³/mol. The van der Waals surface area contributed by atoms with Gasteiger partial charge in [0.15, 0.2) is 5.69 Å². The number of aromatic nitrogens is 3. The van der Waals surface area contributed by atoms with E-state index >= 15 is 0 Å². The number of nitrogens with two attached hydrogens (primary N) is 1. The molecular formula is C18H27N5O2. The van der Waals surface area contributed by atoms with E-state index in [-0.39, 0.29) is 12.0 Å². The molecule has 0 saturated carbocycles. The highest BCUT2D eigenvalue weighted by molar-refractivity contribution is 5.93. The zero-order valence-corrected chi connectivity index (χ0v) is 15.2. The largest absolute Gasteiger partial charge is 0.491 e. The first-order chi connectivity index (χ1) is 12.1. The number of amides is 1. The molecule has 0 radical (unpaired) electrons. The Bertz CT molecular complexity index is 679. The number of benzene rings is 1. The van der Waals surface area contributed by atoms with Crippen molar-refractivity contribution >= 4 is 5.91 Å². The van der Waals surface area contributed by atoms with Crippen LogP contribution in [-0.2, 0) is 6.42 Å². The van der Waals surface area contributed by atoms with Gasteiger partial charge in [0.05, 0.1) is 17.5 Å². The van der Waals surface area contributed by atoms with E-state index in [0.29, 0.717) is 25.2 Å². The topological polar surface area (TPSA) is 95.1 Å². The molecule has 2 rings (SSSR count). The van der Waals surface area contributed by atoms with E-state index in [1.807, 2.05) is 45.0 Å². The number of rotatable bonds is 9. The molecule has 0 aliphatic heterocycles. The third-order valence-electron chi connectivity index (χ3n) is 3.68. The summed E-state index contributed by atoms with van der Waals surface area (Å²) in [5, 5.41) is 11.1. The second kappa shape index (κ2) is 9.17. The van der Waals surface area contributed by atoms with Crippen LogP contribution in [0, 0.1) is 0 Å². The fourth-order valence-electron chi connectivity index (χ4n) is 2.50. The maximum absolute atomic E-state index is 12.3. The van der Waals surface area contributed by atoms with Gasteiger partial charge in [0, 0.05) is 6.54 Å². The molecule has 1 aromatic heterocycles. The standard InChI is InChI=1S/C18H27N5O2/c1-4-16-17(18(24)20-12-6-5-11-19)21-22-23(16)14-7-9-15(10-8-14)25-13(2)3/h7-10,13H,4-6,11-12,19H2,1-3H3,(H,20,24). The number of nitrogens with zero attached hydrogens (tertiary/aromatic N) is 3. The van der Waals surface area contributed by atoms with Gasteiger partial charge in [0.25, 0.3) is 5.91 Å². The van der Waals surface area contributed by atoms with Gasteiger partial charge in [-0.2, -0.15) is 0 Å². The van der Waals surface area contributed by atoms with E-state index in [9.17, 15) is 4.79 Å². The van der Waals surface area contributed by atoms with Gasteiger partial charge in [0.1, 0.15) is 5.75 Å². The van der Waals surface area contributed by atoms with E-state index < -0.39 is 0 Å². The van der Waals surface area contributed by atoms with Crippen molar-refractivity contribution in [1.29, 1.82) is 0 Å². The van der Waals surface area contributed by atoms with Crippen LogP contribution in [0.15, 0.2) is 24.3 Å². The molecule has 7 nitrogen and oxygen atoms in total. The maximum Gasteiger partial charge on any atom is 0.273 e. The highest BCUT2D eigenvalue weighted by Gasteiger charge is 2.19. The third-order valence-corrected chi connectivity index (χ3v) is 3.68. The summed E-state index contributed by atoms with van der Waals surface area (Å²) in [6.45, 7) is 7.17. The van der Waals surface area contributed by atoms with E-state index in [1.165, 1.54) is 0 Å². The summed E-state index contributed by atoms with van der Waals surface area (Å²) in [5.41, 5.74) is 7.47. The van der Waals surface area contributed by atoms with Gasteiger partial charge in [-0.25, -0.2) is 4.68 Å². The average Bonchev–Trinajstić information content (AvgIpc) is 3.02. The summed E-state index contributed by atoms with van der Waals surface area (Å²) in [7, 11) is 0. The molecule has 7 heteroatoms. The van der Waals surface area contributed by atoms with Gasteiger partial charge >= 0.3 is 0 Å². The number of unbranched alkanes of at least 4 members (excludes halogenated alkanes) is 1. The first-order valence-corrected chi connectivity index (χ1v) is 8.76. The van der Waals surface area contributed by atoms with Crippen molar-refractivity contribution < 1.29 is 9.53 Å². The molecule has 0 aliphatic carbocycles. The first-order valence-electron chi connectivity index (χ1n) is 8.76. The minimum atomic E-state index is -0.195. The molecule has 2 aromatic rings. The van der Waals surface area contributed by atoms with Crippen molar-refractivity contribution in [2.45, 2.75) is 46.1 Å². The number of hydrogen-bond acceptors (Lipinski definition) is 5. The lowest BCUT2D eigenvalue weighted by Gasteiger charge is -2.11. The second-order valence-electron chi connectivity index (χ2n) is 6.06. The predicted octanol–water partition coefficient (Wildman–Crippen LogP) is 2.09. The van der Waals surface area contributed by atoms with Crippen LogP contribution in [-0.4, -0.2) is 40.1 Å². The van der Waals surface area contributed by atoms with Gasteiger partial charge in [-0.15, -0.1) is 5.10 Å². The molecule has 0 saturated heterocycles. The SMILES string of the molecule is CCc1c(C(=O)NCCCCN)nnn1-c1ccc(OC(C)C)cc1. The zero-order valence-electron chi connectivity index (χ0n) is 15.2. The van der Waals surface area contributed by atoms with Gasteiger partial charge in [0.2, 0.25) is 0 Å². The number of hydrogen-bond donors (Lipinski definition) is 2. The van der Waals surface area contributed by atoms with Crippen LogP contribution in [0.3, 0.4) is 0 Å². The average molecular weight is 345 g/mol. The van der Waals surface area contributed by atoms with E-state index in [2.05, 4.69) is 15.6 Å². The van der Waals surface area contributed by atoms with Crippen LogP contribution in [0.25, 0.3) is 5.69 Å². The quantitative estimate of drug-likeness (QED) is 0.679. The summed E-state index contributed by atoms with van der Waals surface area (Å²) in [6.07, 6.45) is 2.52. The minimum Gasteiger partial charge on any atom is -0.491 e. The van der Waals surface area contributed by atoms with Gasteiger partial charge in [-0.1, -0.05) is 12.1 Å². The Balaban J connectivity index is 2.14. The third kappa shape index (κ3) is 5.03. The fraction of sp³-hybridized carbons (Fsp3) is 0.500. The Hall–Kier alpha value is -2.41. The van der Waals surface area contributed by atoms with Crippen molar-refractivity contribution in [2.75, 3.05) is 13.1 Å². The van der Waals surface area contributed by atoms with Crippen LogP contribution in [0.1, 0.15) is 49.8 Å². The molecule has 136 valence electrons. The fourth-order valence-corrected chi connectivity index (χ4v) is 2.50. The Morgan fingerprint density at radius 3 is 2.60 bits per heavy atom. The summed E-state index contributed by atoms with van der Waals surface area (Å²) in [6, 6.07) is 7.61. The van der Waals surface area contributed by atoms with E-state index in [1.54, 1.807) is 4.68 Å². The molecule has 25 heavy (non-hydrogen) atoms. The summed E-state index contributed by atoms with van der Waals surface area (Å²) in [5.74, 6) is 0.606. The highest BCUT2D eigenvalue weighted by atomic mass is 16.5. The highest BCUT2D eigenvalue weighted by Crippen LogP contribution is 2.18. The van der Waals surface area contributed by atoms with Gasteiger partial charge in [-0.3, -0.25) is 4.79 Å². The molecule has 1 aromatic carbocycles. The van der Waals surface area contributed by atoms with E-state index in [0.717, 1.165) is 30.0 Å². The molecular weight excluding hydrogens is 318 g/mol. The first kappa shape index (κ1) is 18.9. The van der Waals surface area contributed by atoms with Gasteiger partial charge in [-0.05, 0) is 63.9 Å². The van der Waals surface area contributed by atoms with Crippen LogP contribution in [0.4, 0.5) is 0 Å².